The van der Waals surface area contributed by atoms with Gasteiger partial charge in [0.15, 0.2) is 5.67 Å². The summed E-state index contributed by atoms with van der Waals surface area (Å²) in [7, 11) is 1.85. The van der Waals surface area contributed by atoms with Gasteiger partial charge in [0.1, 0.15) is 5.01 Å². The lowest BCUT2D eigenvalue weighted by Gasteiger charge is -2.08. The van der Waals surface area contributed by atoms with Crippen LogP contribution in [0.4, 0.5) is 4.39 Å². The van der Waals surface area contributed by atoms with Crippen molar-refractivity contribution in [3.05, 3.63) is 16.1 Å². The maximum absolute atomic E-state index is 13.3. The second kappa shape index (κ2) is 3.49. The van der Waals surface area contributed by atoms with E-state index in [1.165, 1.54) is 25.2 Å². The van der Waals surface area contributed by atoms with Gasteiger partial charge in [-0.1, -0.05) is 0 Å². The largest absolute Gasteiger partial charge is 0.314 e. The molecule has 0 atom stereocenters. The SMILES string of the molecule is CNCc1csc(C(C)(C)F)n1. The molecule has 1 aromatic heterocycles. The average Bonchev–Trinajstić information content (AvgIpc) is 2.35. The van der Waals surface area contributed by atoms with Crippen molar-refractivity contribution in [3.63, 3.8) is 0 Å². The summed E-state index contributed by atoms with van der Waals surface area (Å²) in [4.78, 5) is 4.15. The van der Waals surface area contributed by atoms with Crippen LogP contribution >= 0.6 is 11.3 Å². The van der Waals surface area contributed by atoms with Gasteiger partial charge >= 0.3 is 0 Å². The Morgan fingerprint density at radius 1 is 1.67 bits per heavy atom. The number of halogens is 1. The summed E-state index contributed by atoms with van der Waals surface area (Å²) in [5.74, 6) is 0. The van der Waals surface area contributed by atoms with Crippen LogP contribution in [0.3, 0.4) is 0 Å². The van der Waals surface area contributed by atoms with E-state index in [2.05, 4.69) is 10.3 Å². The topological polar surface area (TPSA) is 24.9 Å². The summed E-state index contributed by atoms with van der Waals surface area (Å²) in [6, 6.07) is 0. The molecule has 0 saturated heterocycles. The van der Waals surface area contributed by atoms with E-state index >= 15 is 0 Å². The molecule has 0 radical (unpaired) electrons. The average molecular weight is 188 g/mol. The van der Waals surface area contributed by atoms with Crippen molar-refractivity contribution in [2.24, 2.45) is 0 Å². The third-order valence-corrected chi connectivity index (χ3v) is 2.61. The Morgan fingerprint density at radius 3 is 2.75 bits per heavy atom. The molecule has 0 aliphatic carbocycles. The first-order chi connectivity index (χ1) is 5.54. The van der Waals surface area contributed by atoms with E-state index in [1.54, 1.807) is 0 Å². The summed E-state index contributed by atoms with van der Waals surface area (Å²) < 4.78 is 13.3. The van der Waals surface area contributed by atoms with E-state index in [0.29, 0.717) is 11.6 Å². The lowest BCUT2D eigenvalue weighted by molar-refractivity contribution is 0.220. The maximum Gasteiger partial charge on any atom is 0.156 e. The Labute approximate surface area is 75.8 Å². The van der Waals surface area contributed by atoms with Crippen molar-refractivity contribution in [3.8, 4) is 0 Å². The van der Waals surface area contributed by atoms with E-state index in [9.17, 15) is 4.39 Å². The summed E-state index contributed by atoms with van der Waals surface area (Å²) in [6.45, 7) is 3.75. The molecule has 1 rings (SSSR count). The van der Waals surface area contributed by atoms with Crippen LogP contribution in [0.5, 0.6) is 0 Å². The molecular weight excluding hydrogens is 175 g/mol. The minimum atomic E-state index is -1.31. The number of nitrogens with one attached hydrogen (secondary N) is 1. The molecule has 0 saturated carbocycles. The highest BCUT2D eigenvalue weighted by atomic mass is 32.1. The molecule has 1 N–H and O–H groups in total. The first-order valence-corrected chi connectivity index (χ1v) is 4.70. The fourth-order valence-electron chi connectivity index (χ4n) is 0.842. The lowest BCUT2D eigenvalue weighted by atomic mass is 10.2. The Balaban J connectivity index is 2.77. The maximum atomic E-state index is 13.3. The minimum absolute atomic E-state index is 0.549. The van der Waals surface area contributed by atoms with Gasteiger partial charge < -0.3 is 5.32 Å². The second-order valence-electron chi connectivity index (χ2n) is 3.15. The van der Waals surface area contributed by atoms with E-state index in [4.69, 9.17) is 0 Å². The van der Waals surface area contributed by atoms with Crippen LogP contribution in [0.15, 0.2) is 5.38 Å². The molecule has 1 aromatic rings. The van der Waals surface area contributed by atoms with Gasteiger partial charge in [-0.05, 0) is 20.9 Å². The quantitative estimate of drug-likeness (QED) is 0.785. The Hall–Kier alpha value is -0.480. The van der Waals surface area contributed by atoms with E-state index in [-0.39, 0.29) is 0 Å². The molecule has 68 valence electrons. The van der Waals surface area contributed by atoms with Crippen LogP contribution in [0.2, 0.25) is 0 Å². The number of nitrogens with zero attached hydrogens (tertiary/aromatic N) is 1. The van der Waals surface area contributed by atoms with Gasteiger partial charge in [-0.15, -0.1) is 11.3 Å². The molecule has 0 fully saturated rings. The first-order valence-electron chi connectivity index (χ1n) is 3.82. The van der Waals surface area contributed by atoms with Crippen LogP contribution in [-0.2, 0) is 12.2 Å². The number of hydrogen-bond acceptors (Lipinski definition) is 3. The third kappa shape index (κ3) is 2.25. The van der Waals surface area contributed by atoms with E-state index in [1.807, 2.05) is 12.4 Å². The normalized spacial score (nSPS) is 12.0. The molecule has 0 bridgehead atoms. The second-order valence-corrected chi connectivity index (χ2v) is 4.00. The summed E-state index contributed by atoms with van der Waals surface area (Å²) in [6.07, 6.45) is 0. The predicted octanol–water partition coefficient (Wildman–Crippen LogP) is 2.07. The van der Waals surface area contributed by atoms with Crippen molar-refractivity contribution < 1.29 is 4.39 Å². The van der Waals surface area contributed by atoms with Gasteiger partial charge in [-0.3, -0.25) is 0 Å². The summed E-state index contributed by atoms with van der Waals surface area (Å²) in [5.41, 5.74) is -0.403. The number of alkyl halides is 1. The molecule has 0 aromatic carbocycles. The van der Waals surface area contributed by atoms with Crippen LogP contribution in [0, 0.1) is 0 Å². The summed E-state index contributed by atoms with van der Waals surface area (Å²) >= 11 is 1.37. The molecule has 0 unspecified atom stereocenters. The highest BCUT2D eigenvalue weighted by Crippen LogP contribution is 2.27. The monoisotopic (exact) mass is 188 g/mol. The number of hydrogen-bond donors (Lipinski definition) is 1. The van der Waals surface area contributed by atoms with Crippen molar-refractivity contribution >= 4 is 11.3 Å². The van der Waals surface area contributed by atoms with Gasteiger partial charge in [0.05, 0.1) is 5.69 Å². The van der Waals surface area contributed by atoms with Crippen LogP contribution < -0.4 is 5.32 Å². The summed E-state index contributed by atoms with van der Waals surface area (Å²) in [5, 5.41) is 5.40. The van der Waals surface area contributed by atoms with Gasteiger partial charge in [-0.25, -0.2) is 9.37 Å². The van der Waals surface area contributed by atoms with Crippen molar-refractivity contribution in [2.75, 3.05) is 7.05 Å². The number of aromatic nitrogens is 1. The lowest BCUT2D eigenvalue weighted by Crippen LogP contribution is -2.10. The minimum Gasteiger partial charge on any atom is -0.314 e. The van der Waals surface area contributed by atoms with Crippen LogP contribution in [0.25, 0.3) is 0 Å². The zero-order valence-electron chi connectivity index (χ0n) is 7.52. The van der Waals surface area contributed by atoms with Crippen molar-refractivity contribution in [2.45, 2.75) is 26.1 Å². The third-order valence-electron chi connectivity index (χ3n) is 1.42. The Bertz CT molecular complexity index is 252. The van der Waals surface area contributed by atoms with Gasteiger partial charge in [0, 0.05) is 11.9 Å². The Morgan fingerprint density at radius 2 is 2.33 bits per heavy atom. The van der Waals surface area contributed by atoms with Crippen LogP contribution in [-0.4, -0.2) is 12.0 Å². The highest BCUT2D eigenvalue weighted by molar-refractivity contribution is 7.09. The van der Waals surface area contributed by atoms with Crippen LogP contribution in [0.1, 0.15) is 24.5 Å². The molecule has 0 spiro atoms. The van der Waals surface area contributed by atoms with Gasteiger partial charge in [0.25, 0.3) is 0 Å². The van der Waals surface area contributed by atoms with Gasteiger partial charge in [-0.2, -0.15) is 0 Å². The van der Waals surface area contributed by atoms with Crippen molar-refractivity contribution in [1.29, 1.82) is 0 Å². The predicted molar refractivity (Wildman–Crippen MR) is 49.0 cm³/mol. The molecule has 0 aliphatic rings. The smallest absolute Gasteiger partial charge is 0.156 e. The molecule has 0 amide bonds. The number of thiazole rings is 1. The Kier molecular flexibility index (Phi) is 2.80. The van der Waals surface area contributed by atoms with E-state index in [0.717, 1.165) is 5.69 Å². The molecule has 4 heteroatoms. The molecule has 2 nitrogen and oxygen atoms in total. The zero-order chi connectivity index (χ0) is 9.19. The zero-order valence-corrected chi connectivity index (χ0v) is 8.33. The molecule has 12 heavy (non-hydrogen) atoms. The standard InChI is InChI=1S/C8H13FN2S/c1-8(2,9)7-11-6(4-10-3)5-12-7/h5,10H,4H2,1-3H3. The highest BCUT2D eigenvalue weighted by Gasteiger charge is 2.22. The molecule has 0 aliphatic heterocycles. The first kappa shape index (κ1) is 9.61. The van der Waals surface area contributed by atoms with Gasteiger partial charge in [0.2, 0.25) is 0 Å². The molecular formula is C8H13FN2S. The fraction of sp³-hybridized carbons (Fsp3) is 0.625. The van der Waals surface area contributed by atoms with Crippen molar-refractivity contribution in [1.82, 2.24) is 10.3 Å². The molecule has 1 heterocycles. The fourth-order valence-corrected chi connectivity index (χ4v) is 1.68. The number of rotatable bonds is 3. The van der Waals surface area contributed by atoms with E-state index < -0.39 is 5.67 Å².